The van der Waals surface area contributed by atoms with E-state index in [2.05, 4.69) is 28.7 Å². The standard InChI is InChI=1S/C11H21N3O/c1-4-10(9-15-3)13-8-11-12-6-7-14(11)5-2/h6-7,10,13H,4-5,8-9H2,1-3H3. The zero-order valence-electron chi connectivity index (χ0n) is 9.86. The summed E-state index contributed by atoms with van der Waals surface area (Å²) >= 11 is 0. The highest BCUT2D eigenvalue weighted by Gasteiger charge is 2.06. The number of methoxy groups -OCH3 is 1. The number of rotatable bonds is 7. The van der Waals surface area contributed by atoms with E-state index < -0.39 is 0 Å². The quantitative estimate of drug-likeness (QED) is 0.741. The first kappa shape index (κ1) is 12.2. The molecular weight excluding hydrogens is 190 g/mol. The largest absolute Gasteiger partial charge is 0.383 e. The van der Waals surface area contributed by atoms with Crippen molar-refractivity contribution < 1.29 is 4.74 Å². The van der Waals surface area contributed by atoms with E-state index in [9.17, 15) is 0 Å². The highest BCUT2D eigenvalue weighted by molar-refractivity contribution is 4.92. The number of aryl methyl sites for hydroxylation is 1. The van der Waals surface area contributed by atoms with E-state index in [0.29, 0.717) is 6.04 Å². The molecule has 1 unspecified atom stereocenters. The van der Waals surface area contributed by atoms with Crippen LogP contribution >= 0.6 is 0 Å². The molecule has 1 N–H and O–H groups in total. The van der Waals surface area contributed by atoms with Crippen molar-refractivity contribution in [2.75, 3.05) is 13.7 Å². The predicted molar refractivity (Wildman–Crippen MR) is 60.7 cm³/mol. The zero-order valence-corrected chi connectivity index (χ0v) is 9.86. The van der Waals surface area contributed by atoms with E-state index in [1.165, 1.54) is 0 Å². The van der Waals surface area contributed by atoms with Crippen molar-refractivity contribution in [3.63, 3.8) is 0 Å². The number of hydrogen-bond acceptors (Lipinski definition) is 3. The van der Waals surface area contributed by atoms with Gasteiger partial charge in [-0.15, -0.1) is 0 Å². The van der Waals surface area contributed by atoms with Crippen LogP contribution in [0, 0.1) is 0 Å². The van der Waals surface area contributed by atoms with Gasteiger partial charge in [-0.05, 0) is 13.3 Å². The van der Waals surface area contributed by atoms with Gasteiger partial charge >= 0.3 is 0 Å². The van der Waals surface area contributed by atoms with Crippen molar-refractivity contribution in [2.24, 2.45) is 0 Å². The maximum absolute atomic E-state index is 5.13. The number of imidazole rings is 1. The molecule has 86 valence electrons. The predicted octanol–water partition coefficient (Wildman–Crippen LogP) is 1.42. The molecule has 0 aliphatic heterocycles. The molecule has 0 fully saturated rings. The summed E-state index contributed by atoms with van der Waals surface area (Å²) in [5, 5.41) is 3.44. The molecule has 0 spiro atoms. The summed E-state index contributed by atoms with van der Waals surface area (Å²) in [6, 6.07) is 0.414. The first-order valence-corrected chi connectivity index (χ1v) is 5.54. The van der Waals surface area contributed by atoms with E-state index in [0.717, 1.165) is 31.9 Å². The van der Waals surface area contributed by atoms with Gasteiger partial charge < -0.3 is 14.6 Å². The molecule has 1 atom stereocenters. The average molecular weight is 211 g/mol. The number of ether oxygens (including phenoxy) is 1. The normalized spacial score (nSPS) is 13.0. The second kappa shape index (κ2) is 6.58. The van der Waals surface area contributed by atoms with Crippen molar-refractivity contribution >= 4 is 0 Å². The summed E-state index contributed by atoms with van der Waals surface area (Å²) in [5.74, 6) is 1.09. The van der Waals surface area contributed by atoms with Crippen LogP contribution in [0.25, 0.3) is 0 Å². The lowest BCUT2D eigenvalue weighted by Gasteiger charge is -2.15. The highest BCUT2D eigenvalue weighted by atomic mass is 16.5. The molecule has 1 rings (SSSR count). The minimum absolute atomic E-state index is 0.414. The molecule has 0 radical (unpaired) electrons. The Morgan fingerprint density at radius 3 is 2.93 bits per heavy atom. The molecule has 0 amide bonds. The van der Waals surface area contributed by atoms with Crippen molar-refractivity contribution in [1.29, 1.82) is 0 Å². The molecular formula is C11H21N3O. The minimum Gasteiger partial charge on any atom is -0.383 e. The lowest BCUT2D eigenvalue weighted by molar-refractivity contribution is 0.163. The maximum Gasteiger partial charge on any atom is 0.122 e. The Bertz CT molecular complexity index is 273. The average Bonchev–Trinajstić information content (AvgIpc) is 2.71. The molecule has 4 nitrogen and oxygen atoms in total. The van der Waals surface area contributed by atoms with Crippen molar-refractivity contribution in [1.82, 2.24) is 14.9 Å². The number of aromatic nitrogens is 2. The van der Waals surface area contributed by atoms with Crippen LogP contribution in [0.2, 0.25) is 0 Å². The van der Waals surface area contributed by atoms with Gasteiger partial charge in [0.15, 0.2) is 0 Å². The third-order valence-electron chi connectivity index (χ3n) is 2.55. The Morgan fingerprint density at radius 1 is 1.53 bits per heavy atom. The van der Waals surface area contributed by atoms with Crippen LogP contribution in [-0.2, 0) is 17.8 Å². The molecule has 1 heterocycles. The lowest BCUT2D eigenvalue weighted by atomic mass is 10.2. The summed E-state index contributed by atoms with van der Waals surface area (Å²) in [5.41, 5.74) is 0. The van der Waals surface area contributed by atoms with Crippen molar-refractivity contribution in [3.05, 3.63) is 18.2 Å². The molecule has 0 aliphatic carbocycles. The second-order valence-corrected chi connectivity index (χ2v) is 3.57. The number of nitrogens with one attached hydrogen (secondary N) is 1. The van der Waals surface area contributed by atoms with Crippen LogP contribution in [0.4, 0.5) is 0 Å². The Kier molecular flexibility index (Phi) is 5.36. The second-order valence-electron chi connectivity index (χ2n) is 3.57. The topological polar surface area (TPSA) is 39.1 Å². The van der Waals surface area contributed by atoms with Gasteiger partial charge in [-0.3, -0.25) is 0 Å². The summed E-state index contributed by atoms with van der Waals surface area (Å²) < 4.78 is 7.28. The van der Waals surface area contributed by atoms with Gasteiger partial charge in [-0.25, -0.2) is 4.98 Å². The lowest BCUT2D eigenvalue weighted by Crippen LogP contribution is -2.32. The first-order chi connectivity index (χ1) is 7.31. The Balaban J connectivity index is 2.41. The van der Waals surface area contributed by atoms with Crippen LogP contribution in [0.1, 0.15) is 26.1 Å². The van der Waals surface area contributed by atoms with E-state index in [1.807, 2.05) is 12.4 Å². The van der Waals surface area contributed by atoms with E-state index in [-0.39, 0.29) is 0 Å². The minimum atomic E-state index is 0.414. The van der Waals surface area contributed by atoms with Gasteiger partial charge in [0, 0.05) is 32.1 Å². The van der Waals surface area contributed by atoms with Crippen LogP contribution in [0.3, 0.4) is 0 Å². The van der Waals surface area contributed by atoms with Gasteiger partial charge in [0.05, 0.1) is 13.2 Å². The third kappa shape index (κ3) is 3.64. The molecule has 4 heteroatoms. The molecule has 15 heavy (non-hydrogen) atoms. The SMILES string of the molecule is CCC(COC)NCc1nccn1CC. The number of nitrogens with zero attached hydrogens (tertiary/aromatic N) is 2. The van der Waals surface area contributed by atoms with Gasteiger partial charge in [0.25, 0.3) is 0 Å². The fraction of sp³-hybridized carbons (Fsp3) is 0.727. The Morgan fingerprint density at radius 2 is 2.33 bits per heavy atom. The summed E-state index contributed by atoms with van der Waals surface area (Å²) in [6.07, 6.45) is 4.92. The molecule has 0 saturated heterocycles. The Hall–Kier alpha value is -0.870. The van der Waals surface area contributed by atoms with Crippen molar-refractivity contribution in [2.45, 2.75) is 39.4 Å². The zero-order chi connectivity index (χ0) is 11.1. The summed E-state index contributed by atoms with van der Waals surface area (Å²) in [6.45, 7) is 6.81. The molecule has 0 aromatic carbocycles. The first-order valence-electron chi connectivity index (χ1n) is 5.54. The fourth-order valence-electron chi connectivity index (χ4n) is 1.55. The molecule has 1 aromatic heterocycles. The van der Waals surface area contributed by atoms with Crippen LogP contribution in [-0.4, -0.2) is 29.3 Å². The van der Waals surface area contributed by atoms with Crippen molar-refractivity contribution in [3.8, 4) is 0 Å². The molecule has 1 aromatic rings. The molecule has 0 bridgehead atoms. The highest BCUT2D eigenvalue weighted by Crippen LogP contribution is 1.99. The molecule has 0 saturated carbocycles. The van der Waals surface area contributed by atoms with Crippen LogP contribution in [0.5, 0.6) is 0 Å². The van der Waals surface area contributed by atoms with Gasteiger partial charge in [-0.1, -0.05) is 6.92 Å². The third-order valence-corrected chi connectivity index (χ3v) is 2.55. The summed E-state index contributed by atoms with van der Waals surface area (Å²) in [7, 11) is 1.73. The Labute approximate surface area is 91.7 Å². The van der Waals surface area contributed by atoms with E-state index >= 15 is 0 Å². The van der Waals surface area contributed by atoms with Crippen LogP contribution < -0.4 is 5.32 Å². The monoisotopic (exact) mass is 211 g/mol. The van der Waals surface area contributed by atoms with Crippen LogP contribution in [0.15, 0.2) is 12.4 Å². The van der Waals surface area contributed by atoms with E-state index in [4.69, 9.17) is 4.74 Å². The van der Waals surface area contributed by atoms with Gasteiger partial charge in [0.2, 0.25) is 0 Å². The maximum atomic E-state index is 5.13. The molecule has 0 aliphatic rings. The number of hydrogen-bond donors (Lipinski definition) is 1. The smallest absolute Gasteiger partial charge is 0.122 e. The summed E-state index contributed by atoms with van der Waals surface area (Å²) in [4.78, 5) is 4.31. The fourth-order valence-corrected chi connectivity index (χ4v) is 1.55. The van der Waals surface area contributed by atoms with E-state index in [1.54, 1.807) is 7.11 Å². The van der Waals surface area contributed by atoms with Gasteiger partial charge in [-0.2, -0.15) is 0 Å². The van der Waals surface area contributed by atoms with Gasteiger partial charge in [0.1, 0.15) is 5.82 Å².